The Balaban J connectivity index is 1.62. The molecule has 1 fully saturated rings. The van der Waals surface area contributed by atoms with Gasteiger partial charge in [0.2, 0.25) is 6.79 Å². The number of aliphatic hydroxyl groups is 1. The zero-order valence-corrected chi connectivity index (χ0v) is 11.7. The van der Waals surface area contributed by atoms with Crippen molar-refractivity contribution in [3.05, 3.63) is 24.4 Å². The van der Waals surface area contributed by atoms with E-state index in [1.54, 1.807) is 6.20 Å². The van der Waals surface area contributed by atoms with Gasteiger partial charge in [0.1, 0.15) is 5.82 Å². The van der Waals surface area contributed by atoms with Crippen molar-refractivity contribution >= 4 is 16.6 Å². The van der Waals surface area contributed by atoms with Crippen LogP contribution in [0, 0.1) is 5.92 Å². The number of pyridine rings is 1. The molecular weight excluding hydrogens is 268 g/mol. The van der Waals surface area contributed by atoms with Crippen molar-refractivity contribution in [3.8, 4) is 11.5 Å². The molecule has 1 aliphatic heterocycles. The van der Waals surface area contributed by atoms with Crippen molar-refractivity contribution < 1.29 is 14.6 Å². The fourth-order valence-corrected chi connectivity index (χ4v) is 3.19. The number of benzene rings is 1. The van der Waals surface area contributed by atoms with Crippen molar-refractivity contribution in [3.63, 3.8) is 0 Å². The number of anilines is 1. The maximum absolute atomic E-state index is 9.91. The van der Waals surface area contributed by atoms with Crippen LogP contribution in [-0.4, -0.2) is 29.5 Å². The van der Waals surface area contributed by atoms with Gasteiger partial charge in [-0.3, -0.25) is 0 Å². The summed E-state index contributed by atoms with van der Waals surface area (Å²) in [6.07, 6.45) is 4.69. The van der Waals surface area contributed by atoms with Gasteiger partial charge in [-0.1, -0.05) is 6.42 Å². The summed E-state index contributed by atoms with van der Waals surface area (Å²) in [4.78, 5) is 4.43. The molecular formula is C16H18N2O3. The lowest BCUT2D eigenvalue weighted by Gasteiger charge is -2.16. The number of aliphatic hydroxyl groups excluding tert-OH is 1. The van der Waals surface area contributed by atoms with E-state index in [4.69, 9.17) is 9.47 Å². The smallest absolute Gasteiger partial charge is 0.231 e. The molecule has 0 bridgehead atoms. The summed E-state index contributed by atoms with van der Waals surface area (Å²) in [6.45, 7) is 1.03. The van der Waals surface area contributed by atoms with Crippen LogP contribution in [0.4, 0.5) is 5.82 Å². The van der Waals surface area contributed by atoms with Crippen LogP contribution in [0.5, 0.6) is 11.5 Å². The lowest BCUT2D eigenvalue weighted by molar-refractivity contribution is 0.138. The van der Waals surface area contributed by atoms with Gasteiger partial charge in [-0.25, -0.2) is 4.98 Å². The molecule has 0 amide bonds. The molecule has 21 heavy (non-hydrogen) atoms. The quantitative estimate of drug-likeness (QED) is 0.908. The standard InChI is InChI=1S/C16H18N2O3/c19-13-3-1-2-11(13)8-18-16-12-7-15-14(20-9-21-15)6-10(12)4-5-17-16/h4-7,11,13,19H,1-3,8-9H2,(H,17,18). The van der Waals surface area contributed by atoms with Gasteiger partial charge in [-0.2, -0.15) is 0 Å². The Labute approximate surface area is 122 Å². The molecule has 0 saturated heterocycles. The van der Waals surface area contributed by atoms with E-state index in [2.05, 4.69) is 10.3 Å². The van der Waals surface area contributed by atoms with E-state index in [1.165, 1.54) is 0 Å². The molecule has 2 N–H and O–H groups in total. The Hall–Kier alpha value is -2.01. The van der Waals surface area contributed by atoms with Crippen LogP contribution in [0.3, 0.4) is 0 Å². The predicted molar refractivity (Wildman–Crippen MR) is 79.7 cm³/mol. The topological polar surface area (TPSA) is 63.6 Å². The third-order valence-corrected chi connectivity index (χ3v) is 4.41. The molecule has 2 atom stereocenters. The molecule has 1 saturated carbocycles. The summed E-state index contributed by atoms with van der Waals surface area (Å²) in [5, 5.41) is 15.4. The van der Waals surface area contributed by atoms with E-state index >= 15 is 0 Å². The first-order valence-corrected chi connectivity index (χ1v) is 7.41. The molecule has 5 nitrogen and oxygen atoms in total. The van der Waals surface area contributed by atoms with E-state index in [0.29, 0.717) is 5.92 Å². The van der Waals surface area contributed by atoms with Crippen molar-refractivity contribution in [1.82, 2.24) is 4.98 Å². The van der Waals surface area contributed by atoms with Crippen molar-refractivity contribution in [2.75, 3.05) is 18.7 Å². The third-order valence-electron chi connectivity index (χ3n) is 4.41. The number of nitrogens with zero attached hydrogens (tertiary/aromatic N) is 1. The molecule has 1 aromatic heterocycles. The number of hydrogen-bond donors (Lipinski definition) is 2. The van der Waals surface area contributed by atoms with Gasteiger partial charge in [0, 0.05) is 24.0 Å². The number of fused-ring (bicyclic) bond motifs is 2. The Bertz CT molecular complexity index is 674. The molecule has 5 heteroatoms. The van der Waals surface area contributed by atoms with E-state index in [9.17, 15) is 5.11 Å². The normalized spacial score (nSPS) is 23.7. The van der Waals surface area contributed by atoms with Gasteiger partial charge in [0.15, 0.2) is 11.5 Å². The molecule has 0 spiro atoms. The molecule has 110 valence electrons. The summed E-state index contributed by atoms with van der Waals surface area (Å²) < 4.78 is 10.8. The average Bonchev–Trinajstić information content (AvgIpc) is 3.11. The van der Waals surface area contributed by atoms with Crippen LogP contribution >= 0.6 is 0 Å². The van der Waals surface area contributed by atoms with Crippen LogP contribution in [0.1, 0.15) is 19.3 Å². The summed E-state index contributed by atoms with van der Waals surface area (Å²) >= 11 is 0. The zero-order chi connectivity index (χ0) is 14.2. The molecule has 2 aromatic rings. The van der Waals surface area contributed by atoms with Gasteiger partial charge in [0.25, 0.3) is 0 Å². The van der Waals surface area contributed by atoms with Crippen LogP contribution < -0.4 is 14.8 Å². The SMILES string of the molecule is OC1CCCC1CNc1nccc2cc3c(cc12)OCO3. The van der Waals surface area contributed by atoms with E-state index in [1.807, 2.05) is 18.2 Å². The summed E-state index contributed by atoms with van der Waals surface area (Å²) in [5.41, 5.74) is 0. The number of nitrogens with one attached hydrogen (secondary N) is 1. The summed E-state index contributed by atoms with van der Waals surface area (Å²) in [7, 11) is 0. The highest BCUT2D eigenvalue weighted by atomic mass is 16.7. The monoisotopic (exact) mass is 286 g/mol. The van der Waals surface area contributed by atoms with Gasteiger partial charge >= 0.3 is 0 Å². The van der Waals surface area contributed by atoms with Gasteiger partial charge in [0.05, 0.1) is 6.10 Å². The lowest BCUT2D eigenvalue weighted by Crippen LogP contribution is -2.22. The highest BCUT2D eigenvalue weighted by Gasteiger charge is 2.25. The highest BCUT2D eigenvalue weighted by Crippen LogP contribution is 2.38. The first-order chi connectivity index (χ1) is 10.3. The van der Waals surface area contributed by atoms with Crippen LogP contribution in [0.25, 0.3) is 10.8 Å². The largest absolute Gasteiger partial charge is 0.454 e. The molecule has 1 aromatic carbocycles. The minimum atomic E-state index is -0.187. The van der Waals surface area contributed by atoms with Crippen molar-refractivity contribution in [2.45, 2.75) is 25.4 Å². The first-order valence-electron chi connectivity index (χ1n) is 7.41. The van der Waals surface area contributed by atoms with E-state index in [-0.39, 0.29) is 12.9 Å². The van der Waals surface area contributed by atoms with Gasteiger partial charge < -0.3 is 19.9 Å². The van der Waals surface area contributed by atoms with E-state index in [0.717, 1.165) is 53.9 Å². The molecule has 2 heterocycles. The van der Waals surface area contributed by atoms with Crippen LogP contribution in [-0.2, 0) is 0 Å². The maximum atomic E-state index is 9.91. The lowest BCUT2D eigenvalue weighted by atomic mass is 10.1. The number of aromatic nitrogens is 1. The Morgan fingerprint density at radius 1 is 1.24 bits per heavy atom. The average molecular weight is 286 g/mol. The van der Waals surface area contributed by atoms with Crippen LogP contribution in [0.15, 0.2) is 24.4 Å². The second-order valence-corrected chi connectivity index (χ2v) is 5.73. The first kappa shape index (κ1) is 12.7. The third kappa shape index (κ3) is 2.27. The number of ether oxygens (including phenoxy) is 2. The fraction of sp³-hybridized carbons (Fsp3) is 0.438. The molecule has 0 radical (unpaired) electrons. The highest BCUT2D eigenvalue weighted by molar-refractivity contribution is 5.94. The maximum Gasteiger partial charge on any atom is 0.231 e. The second kappa shape index (κ2) is 5.07. The summed E-state index contributed by atoms with van der Waals surface area (Å²) in [6, 6.07) is 5.92. The van der Waals surface area contributed by atoms with Crippen molar-refractivity contribution in [1.29, 1.82) is 0 Å². The van der Waals surface area contributed by atoms with E-state index < -0.39 is 0 Å². The molecule has 2 unspecified atom stereocenters. The molecule has 1 aliphatic carbocycles. The van der Waals surface area contributed by atoms with Crippen LogP contribution in [0.2, 0.25) is 0 Å². The Kier molecular flexibility index (Phi) is 3.07. The Morgan fingerprint density at radius 2 is 2.10 bits per heavy atom. The van der Waals surface area contributed by atoms with Crippen molar-refractivity contribution in [2.24, 2.45) is 5.92 Å². The number of rotatable bonds is 3. The van der Waals surface area contributed by atoms with Gasteiger partial charge in [-0.05, 0) is 36.4 Å². The van der Waals surface area contributed by atoms with Gasteiger partial charge in [-0.15, -0.1) is 0 Å². The zero-order valence-electron chi connectivity index (χ0n) is 11.7. The number of hydrogen-bond acceptors (Lipinski definition) is 5. The second-order valence-electron chi connectivity index (χ2n) is 5.73. The molecule has 4 rings (SSSR count). The minimum Gasteiger partial charge on any atom is -0.454 e. The molecule has 2 aliphatic rings. The fourth-order valence-electron chi connectivity index (χ4n) is 3.19. The minimum absolute atomic E-state index is 0.187. The summed E-state index contributed by atoms with van der Waals surface area (Å²) in [5.74, 6) is 2.70. The Morgan fingerprint density at radius 3 is 2.90 bits per heavy atom. The predicted octanol–water partition coefficient (Wildman–Crippen LogP) is 2.54.